The number of sulfone groups is 1. The summed E-state index contributed by atoms with van der Waals surface area (Å²) in [5, 5.41) is 20.8. The maximum atomic E-state index is 13.7. The highest BCUT2D eigenvalue weighted by atomic mass is 32.2. The largest absolute Gasteiger partial charge is 0.493 e. The summed E-state index contributed by atoms with van der Waals surface area (Å²) < 4.78 is 34.2. The average Bonchev–Trinajstić information content (AvgIpc) is 2.94. The van der Waals surface area contributed by atoms with Gasteiger partial charge < -0.3 is 9.84 Å². The van der Waals surface area contributed by atoms with Gasteiger partial charge in [-0.1, -0.05) is 31.2 Å². The molecule has 0 radical (unpaired) electrons. The van der Waals surface area contributed by atoms with Gasteiger partial charge in [-0.2, -0.15) is 10.2 Å². The van der Waals surface area contributed by atoms with E-state index in [2.05, 4.69) is 16.0 Å². The van der Waals surface area contributed by atoms with Gasteiger partial charge in [0.25, 0.3) is 5.56 Å². The van der Waals surface area contributed by atoms with Gasteiger partial charge in [0.1, 0.15) is 12.4 Å². The minimum absolute atomic E-state index is 0.0796. The fraction of sp³-hybridized carbons (Fsp3) is 0.241. The minimum Gasteiger partial charge on any atom is -0.493 e. The van der Waals surface area contributed by atoms with Crippen molar-refractivity contribution in [3.63, 3.8) is 0 Å². The summed E-state index contributed by atoms with van der Waals surface area (Å²) in [5.41, 5.74) is 2.58. The number of aromatic nitrogens is 3. The number of rotatable bonds is 9. The van der Waals surface area contributed by atoms with Crippen LogP contribution < -0.4 is 5.56 Å². The first kappa shape index (κ1) is 27.7. The van der Waals surface area contributed by atoms with Gasteiger partial charge in [-0.05, 0) is 72.9 Å². The lowest BCUT2D eigenvalue weighted by molar-refractivity contribution is 0.121. The van der Waals surface area contributed by atoms with Gasteiger partial charge in [0.05, 0.1) is 22.6 Å². The molecule has 1 N–H and O–H groups in total. The number of nitriles is 1. The van der Waals surface area contributed by atoms with E-state index in [0.717, 1.165) is 16.7 Å². The van der Waals surface area contributed by atoms with E-state index < -0.39 is 32.2 Å². The van der Waals surface area contributed by atoms with E-state index in [-0.39, 0.29) is 17.3 Å². The molecule has 10 heteroatoms. The maximum Gasteiger partial charge on any atom is 0.296 e. The molecule has 1 unspecified atom stereocenters. The molecule has 4 rings (SSSR count). The minimum atomic E-state index is -4.46. The van der Waals surface area contributed by atoms with Crippen LogP contribution in [0.5, 0.6) is 5.88 Å². The Kier molecular flexibility index (Phi) is 8.24. The summed E-state index contributed by atoms with van der Waals surface area (Å²) in [6.07, 6.45) is 3.78. The van der Waals surface area contributed by atoms with Gasteiger partial charge in [0, 0.05) is 19.0 Å². The number of nitrogens with zero attached hydrogens (tertiary/aromatic N) is 4. The molecule has 0 spiro atoms. The second kappa shape index (κ2) is 11.6. The molecule has 0 aliphatic rings. The zero-order valence-corrected chi connectivity index (χ0v) is 22.6. The Hall–Kier alpha value is -4.33. The second-order valence-electron chi connectivity index (χ2n) is 8.87. The summed E-state index contributed by atoms with van der Waals surface area (Å²) in [6.45, 7) is 5.72. The molecule has 4 aromatic rings. The van der Waals surface area contributed by atoms with Crippen LogP contribution in [0.1, 0.15) is 48.8 Å². The van der Waals surface area contributed by atoms with Crippen LogP contribution in [0.2, 0.25) is 0 Å². The second-order valence-corrected chi connectivity index (χ2v) is 10.8. The Balaban J connectivity index is 1.88. The summed E-state index contributed by atoms with van der Waals surface area (Å²) >= 11 is 0. The van der Waals surface area contributed by atoms with Crippen LogP contribution in [0.25, 0.3) is 11.1 Å². The summed E-state index contributed by atoms with van der Waals surface area (Å²) in [5.74, 6) is -0.649. The van der Waals surface area contributed by atoms with Crippen LogP contribution in [0.4, 0.5) is 0 Å². The third-order valence-corrected chi connectivity index (χ3v) is 8.22. The highest BCUT2D eigenvalue weighted by molar-refractivity contribution is 7.91. The van der Waals surface area contributed by atoms with Crippen molar-refractivity contribution in [2.45, 2.75) is 49.6 Å². The van der Waals surface area contributed by atoms with Crippen LogP contribution >= 0.6 is 0 Å². The molecule has 2 aromatic heterocycles. The standard InChI is InChI=1S/C29H28N4O5S/c1-4-25(22-8-6-7-20(15-22)16-30)33-26(18-38-5-2)32-28(34)27(29(33)35)39(36,37)23-11-9-21(10-12-23)24-13-14-31-17-19(24)3/h6-15,17,25,35H,4-5,18H2,1-3H3. The lowest BCUT2D eigenvalue weighted by Crippen LogP contribution is -2.28. The van der Waals surface area contributed by atoms with Gasteiger partial charge in [0.2, 0.25) is 15.7 Å². The number of benzene rings is 2. The number of aromatic hydroxyl groups is 1. The Bertz CT molecular complexity index is 1710. The predicted molar refractivity (Wildman–Crippen MR) is 145 cm³/mol. The molecule has 1 atom stereocenters. The quantitative estimate of drug-likeness (QED) is 0.324. The normalized spacial score (nSPS) is 12.2. The highest BCUT2D eigenvalue weighted by Gasteiger charge is 2.32. The van der Waals surface area contributed by atoms with Gasteiger partial charge in [0.15, 0.2) is 4.90 Å². The topological polar surface area (TPSA) is 135 Å². The van der Waals surface area contributed by atoms with Crippen molar-refractivity contribution in [3.8, 4) is 23.1 Å². The van der Waals surface area contributed by atoms with Crippen molar-refractivity contribution in [1.29, 1.82) is 5.26 Å². The monoisotopic (exact) mass is 544 g/mol. The van der Waals surface area contributed by atoms with E-state index >= 15 is 0 Å². The zero-order valence-electron chi connectivity index (χ0n) is 21.8. The van der Waals surface area contributed by atoms with E-state index in [1.54, 1.807) is 55.7 Å². The van der Waals surface area contributed by atoms with Crippen LogP contribution in [0, 0.1) is 18.3 Å². The lowest BCUT2D eigenvalue weighted by Gasteiger charge is -2.25. The first-order valence-electron chi connectivity index (χ1n) is 12.4. The van der Waals surface area contributed by atoms with Crippen molar-refractivity contribution in [3.05, 3.63) is 99.9 Å². The van der Waals surface area contributed by atoms with E-state index in [1.807, 2.05) is 19.9 Å². The van der Waals surface area contributed by atoms with Crippen LogP contribution in [-0.2, 0) is 21.2 Å². The van der Waals surface area contributed by atoms with Gasteiger partial charge >= 0.3 is 0 Å². The molecule has 200 valence electrons. The fourth-order valence-electron chi connectivity index (χ4n) is 4.52. The van der Waals surface area contributed by atoms with Gasteiger partial charge in [-0.25, -0.2) is 8.42 Å². The summed E-state index contributed by atoms with van der Waals surface area (Å²) in [4.78, 5) is 20.3. The Morgan fingerprint density at radius 3 is 2.51 bits per heavy atom. The Morgan fingerprint density at radius 2 is 1.87 bits per heavy atom. The molecule has 2 aromatic carbocycles. The van der Waals surface area contributed by atoms with Gasteiger partial charge in [-0.3, -0.25) is 14.3 Å². The van der Waals surface area contributed by atoms with Crippen LogP contribution in [0.15, 0.2) is 81.6 Å². The van der Waals surface area contributed by atoms with Crippen molar-refractivity contribution in [2.24, 2.45) is 0 Å². The Morgan fingerprint density at radius 1 is 1.13 bits per heavy atom. The average molecular weight is 545 g/mol. The van der Waals surface area contributed by atoms with E-state index in [1.165, 1.54) is 16.7 Å². The van der Waals surface area contributed by atoms with E-state index in [9.17, 15) is 23.6 Å². The predicted octanol–water partition coefficient (Wildman–Crippen LogP) is 4.56. The first-order valence-corrected chi connectivity index (χ1v) is 13.9. The fourth-order valence-corrected chi connectivity index (χ4v) is 5.86. The number of hydrogen-bond donors (Lipinski definition) is 1. The number of hydrogen-bond acceptors (Lipinski definition) is 8. The van der Waals surface area contributed by atoms with E-state index in [0.29, 0.717) is 24.2 Å². The van der Waals surface area contributed by atoms with Crippen molar-refractivity contribution >= 4 is 9.84 Å². The number of pyridine rings is 1. The Labute approximate surface area is 226 Å². The summed E-state index contributed by atoms with van der Waals surface area (Å²) in [7, 11) is -4.46. The zero-order chi connectivity index (χ0) is 28.2. The molecule has 0 saturated carbocycles. The molecule has 0 fully saturated rings. The number of aryl methyl sites for hydroxylation is 1. The van der Waals surface area contributed by atoms with Crippen molar-refractivity contribution in [2.75, 3.05) is 6.61 Å². The van der Waals surface area contributed by atoms with Crippen molar-refractivity contribution in [1.82, 2.24) is 14.5 Å². The molecule has 9 nitrogen and oxygen atoms in total. The van der Waals surface area contributed by atoms with Crippen molar-refractivity contribution < 1.29 is 18.3 Å². The third-order valence-electron chi connectivity index (χ3n) is 6.43. The summed E-state index contributed by atoms with van der Waals surface area (Å²) in [6, 6.07) is 16.2. The molecular weight excluding hydrogens is 516 g/mol. The molecule has 39 heavy (non-hydrogen) atoms. The number of ether oxygens (including phenoxy) is 1. The molecule has 0 saturated heterocycles. The molecule has 0 bridgehead atoms. The highest BCUT2D eigenvalue weighted by Crippen LogP contribution is 2.34. The molecular formula is C29H28N4O5S. The molecule has 0 aliphatic carbocycles. The van der Waals surface area contributed by atoms with E-state index in [4.69, 9.17) is 4.74 Å². The molecule has 0 amide bonds. The van der Waals surface area contributed by atoms with Gasteiger partial charge in [-0.15, -0.1) is 0 Å². The smallest absolute Gasteiger partial charge is 0.296 e. The molecule has 0 aliphatic heterocycles. The SMILES string of the molecule is CCOCc1nc(=O)c(S(=O)(=O)c2ccc(-c3ccncc3C)cc2)c(O)n1C(CC)c1cccc(C#N)c1. The first-order chi connectivity index (χ1) is 18.7. The van der Waals surface area contributed by atoms with Crippen LogP contribution in [-0.4, -0.2) is 34.7 Å². The lowest BCUT2D eigenvalue weighted by atomic mass is 10.0. The van der Waals surface area contributed by atoms with Crippen LogP contribution in [0.3, 0.4) is 0 Å². The molecule has 2 heterocycles. The maximum absolute atomic E-state index is 13.7. The third kappa shape index (κ3) is 5.46.